The summed E-state index contributed by atoms with van der Waals surface area (Å²) < 4.78 is 0. The van der Waals surface area contributed by atoms with E-state index in [0.29, 0.717) is 17.1 Å². The fourth-order valence-electron chi connectivity index (χ4n) is 7.44. The molecule has 0 N–H and O–H groups in total. The second kappa shape index (κ2) is 8.24. The molecule has 5 atom stereocenters. The van der Waals surface area contributed by atoms with Gasteiger partial charge in [0.2, 0.25) is 0 Å². The normalized spacial score (nSPS) is 28.3. The summed E-state index contributed by atoms with van der Waals surface area (Å²) in [5.41, 5.74) is 9.64. The van der Waals surface area contributed by atoms with E-state index in [4.69, 9.17) is 0 Å². The Bertz CT molecular complexity index is 1820. The number of anilines is 1. The van der Waals surface area contributed by atoms with Crippen molar-refractivity contribution in [1.29, 1.82) is 0 Å². The van der Waals surface area contributed by atoms with Crippen LogP contribution in [0.25, 0.3) is 22.4 Å². The Morgan fingerprint density at radius 2 is 1.41 bits per heavy atom. The largest absolute Gasteiger partial charge is 0.333 e. The number of allylic oxidation sites excluding steroid dienone is 11. The van der Waals surface area contributed by atoms with Crippen molar-refractivity contribution in [2.45, 2.75) is 28.0 Å². The number of rotatable bonds is 1. The van der Waals surface area contributed by atoms with Crippen molar-refractivity contribution >= 4 is 39.9 Å². The van der Waals surface area contributed by atoms with Crippen molar-refractivity contribution in [3.8, 4) is 0 Å². The maximum Gasteiger partial charge on any atom is 0.0630 e. The van der Waals surface area contributed by atoms with Gasteiger partial charge in [-0.1, -0.05) is 121 Å². The number of benzene rings is 3. The zero-order chi connectivity index (χ0) is 25.5. The van der Waals surface area contributed by atoms with E-state index in [1.807, 2.05) is 0 Å². The summed E-state index contributed by atoms with van der Waals surface area (Å²) >= 11 is 2.07. The number of hydrogen-bond donors (Lipinski definition) is 0. The smallest absolute Gasteiger partial charge is 0.0630 e. The third-order valence-corrected chi connectivity index (χ3v) is 10.5. The minimum absolute atomic E-state index is 0.248. The Morgan fingerprint density at radius 3 is 2.33 bits per heavy atom. The van der Waals surface area contributed by atoms with E-state index in [1.165, 1.54) is 54.9 Å². The van der Waals surface area contributed by atoms with E-state index in [-0.39, 0.29) is 12.0 Å². The molecule has 0 aromatic heterocycles. The van der Waals surface area contributed by atoms with E-state index in [9.17, 15) is 0 Å². The van der Waals surface area contributed by atoms with Gasteiger partial charge in [0.15, 0.2) is 0 Å². The molecule has 0 amide bonds. The first-order valence-corrected chi connectivity index (χ1v) is 14.9. The van der Waals surface area contributed by atoms with Gasteiger partial charge in [0, 0.05) is 33.6 Å². The number of nitrogens with zero attached hydrogens (tertiary/aromatic N) is 1. The van der Waals surface area contributed by atoms with E-state index in [2.05, 4.69) is 150 Å². The van der Waals surface area contributed by atoms with Gasteiger partial charge in [-0.3, -0.25) is 0 Å². The monoisotopic (exact) mass is 517 g/mol. The van der Waals surface area contributed by atoms with Gasteiger partial charge in [0.25, 0.3) is 0 Å². The number of hydrogen-bond acceptors (Lipinski definition) is 2. The van der Waals surface area contributed by atoms with Gasteiger partial charge in [-0.15, -0.1) is 11.8 Å². The molecule has 0 spiro atoms. The van der Waals surface area contributed by atoms with Crippen LogP contribution in [0.3, 0.4) is 0 Å². The van der Waals surface area contributed by atoms with Crippen molar-refractivity contribution in [1.82, 2.24) is 0 Å². The van der Waals surface area contributed by atoms with Crippen LogP contribution in [0, 0.1) is 5.92 Å². The van der Waals surface area contributed by atoms with Gasteiger partial charge < -0.3 is 4.90 Å². The van der Waals surface area contributed by atoms with Crippen LogP contribution in [-0.4, -0.2) is 11.3 Å². The van der Waals surface area contributed by atoms with E-state index in [0.717, 1.165) is 0 Å². The number of fused-ring (bicyclic) bond motifs is 13. The topological polar surface area (TPSA) is 3.24 Å². The van der Waals surface area contributed by atoms with Crippen molar-refractivity contribution in [3.05, 3.63) is 155 Å². The van der Waals surface area contributed by atoms with Crippen LogP contribution >= 0.6 is 11.8 Å². The predicted molar refractivity (Wildman–Crippen MR) is 166 cm³/mol. The van der Waals surface area contributed by atoms with E-state index < -0.39 is 0 Å². The molecule has 3 aromatic carbocycles. The zero-order valence-corrected chi connectivity index (χ0v) is 22.3. The summed E-state index contributed by atoms with van der Waals surface area (Å²) in [4.78, 5) is 4.15. The van der Waals surface area contributed by atoms with Crippen molar-refractivity contribution < 1.29 is 0 Å². The predicted octanol–water partition coefficient (Wildman–Crippen LogP) is 9.10. The number of thioether (sulfide) groups is 1. The van der Waals surface area contributed by atoms with Crippen LogP contribution in [0.1, 0.15) is 34.1 Å². The SMILES string of the molecule is C1=CC2Sc3c4c(c5ccccc5c3C2C=C1)C1C=CC=CC1N4C1=CC2C=Cc3ccccc3C(=C2)C=C1. The molecule has 0 saturated carbocycles. The first-order chi connectivity index (χ1) is 19.3. The van der Waals surface area contributed by atoms with Crippen LogP contribution in [0.5, 0.6) is 0 Å². The molecule has 4 aliphatic carbocycles. The highest BCUT2D eigenvalue weighted by molar-refractivity contribution is 8.00. The molecule has 0 radical (unpaired) electrons. The third kappa shape index (κ3) is 3.10. The Hall–Kier alpha value is -4.01. The molecule has 2 aliphatic heterocycles. The maximum atomic E-state index is 2.67. The molecule has 2 bridgehead atoms. The van der Waals surface area contributed by atoms with E-state index in [1.54, 1.807) is 0 Å². The lowest BCUT2D eigenvalue weighted by molar-refractivity contribution is 0.727. The molecule has 39 heavy (non-hydrogen) atoms. The van der Waals surface area contributed by atoms with Crippen LogP contribution in [0.4, 0.5) is 5.69 Å². The molecule has 5 unspecified atom stereocenters. The van der Waals surface area contributed by atoms with Gasteiger partial charge in [0.1, 0.15) is 0 Å². The summed E-state index contributed by atoms with van der Waals surface area (Å²) in [6.07, 6.45) is 32.8. The Kier molecular flexibility index (Phi) is 4.62. The van der Waals surface area contributed by atoms with Crippen molar-refractivity contribution in [3.63, 3.8) is 0 Å². The molecule has 0 fully saturated rings. The summed E-state index contributed by atoms with van der Waals surface area (Å²) in [5, 5.41) is 3.30. The molecule has 6 aliphatic rings. The molecule has 2 heteroatoms. The Balaban J connectivity index is 1.28. The van der Waals surface area contributed by atoms with Gasteiger partial charge in [0.05, 0.1) is 11.7 Å². The molecule has 9 rings (SSSR count). The van der Waals surface area contributed by atoms with Crippen molar-refractivity contribution in [2.75, 3.05) is 4.90 Å². The molecule has 3 aromatic rings. The van der Waals surface area contributed by atoms with Gasteiger partial charge in [-0.25, -0.2) is 0 Å². The molecule has 0 saturated heterocycles. The highest BCUT2D eigenvalue weighted by atomic mass is 32.2. The van der Waals surface area contributed by atoms with Gasteiger partial charge in [-0.05, 0) is 50.8 Å². The second-order valence-electron chi connectivity index (χ2n) is 11.2. The molecule has 2 heterocycles. The molecular weight excluding hydrogens is 490 g/mol. The lowest BCUT2D eigenvalue weighted by Crippen LogP contribution is -2.32. The van der Waals surface area contributed by atoms with Crippen LogP contribution < -0.4 is 4.90 Å². The second-order valence-corrected chi connectivity index (χ2v) is 12.3. The van der Waals surface area contributed by atoms with Crippen LogP contribution in [0.2, 0.25) is 0 Å². The Morgan fingerprint density at radius 1 is 0.641 bits per heavy atom. The van der Waals surface area contributed by atoms with E-state index >= 15 is 0 Å². The third-order valence-electron chi connectivity index (χ3n) is 9.09. The molecular formula is C37H27NS. The lowest BCUT2D eigenvalue weighted by Gasteiger charge is -2.31. The summed E-state index contributed by atoms with van der Waals surface area (Å²) in [5.74, 6) is 1.00. The fraction of sp³-hybridized carbons (Fsp3) is 0.135. The average molecular weight is 518 g/mol. The van der Waals surface area contributed by atoms with Gasteiger partial charge in [-0.2, -0.15) is 0 Å². The first-order valence-electron chi connectivity index (χ1n) is 14.0. The molecule has 1 nitrogen and oxygen atoms in total. The minimum Gasteiger partial charge on any atom is -0.333 e. The zero-order valence-electron chi connectivity index (χ0n) is 21.4. The summed E-state index contributed by atoms with van der Waals surface area (Å²) in [7, 11) is 0. The quantitative estimate of drug-likeness (QED) is 0.317. The van der Waals surface area contributed by atoms with Crippen molar-refractivity contribution in [2.24, 2.45) is 5.92 Å². The van der Waals surface area contributed by atoms with Gasteiger partial charge >= 0.3 is 0 Å². The summed E-state index contributed by atoms with van der Waals surface area (Å²) in [6, 6.07) is 18.2. The van der Waals surface area contributed by atoms with Crippen LogP contribution in [-0.2, 0) is 0 Å². The minimum atomic E-state index is 0.248. The fourth-order valence-corrected chi connectivity index (χ4v) is 8.95. The summed E-state index contributed by atoms with van der Waals surface area (Å²) in [6.45, 7) is 0. The maximum absolute atomic E-state index is 2.67. The lowest BCUT2D eigenvalue weighted by atomic mass is 9.83. The molecule has 186 valence electrons. The Labute approximate surface area is 233 Å². The average Bonchev–Trinajstić information content (AvgIpc) is 3.39. The first kappa shape index (κ1) is 21.9. The van der Waals surface area contributed by atoms with Crippen LogP contribution in [0.15, 0.2) is 138 Å². The standard InChI is InChI=1S/C37H27NS/c1-2-10-27-24(9-1)18-17-23-21-25(27)19-20-26(22-23)38-32-15-7-5-13-30(32)34-28-11-3-4-12-29(28)35-31-14-6-8-16-33(31)39-37(35)36(34)38/h1-23,30-33H. The highest BCUT2D eigenvalue weighted by Crippen LogP contribution is 2.61. The highest BCUT2D eigenvalue weighted by Gasteiger charge is 2.45.